The first-order valence-electron chi connectivity index (χ1n) is 14.2. The predicted molar refractivity (Wildman–Crippen MR) is 151 cm³/mol. The smallest absolute Gasteiger partial charge is 0.309 e. The molecule has 2 saturated heterocycles. The first-order chi connectivity index (χ1) is 21.4. The van der Waals surface area contributed by atoms with Crippen LogP contribution in [-0.2, 0) is 28.5 Å². The van der Waals surface area contributed by atoms with Crippen molar-refractivity contribution in [2.75, 3.05) is 0 Å². The number of phenolic OH excluding ortho intramolecular Hbond substituents is 3. The largest absolute Gasteiger partial charge is 0.507 e. The molecule has 6 aliphatic rings. The number of carbonyl (C=O) groups excluding carboxylic acids is 2. The number of ether oxygens (including phenoxy) is 4. The Kier molecular flexibility index (Phi) is 5.46. The fourth-order valence-corrected chi connectivity index (χ4v) is 7.41. The molecule has 3 N–H and O–H groups in total. The number of benzene rings is 2. The Morgan fingerprint density at radius 3 is 1.87 bits per heavy atom. The molecule has 0 amide bonds. The normalized spacial score (nSPS) is 26.7. The number of carbonyl (C=O) groups is 2. The third-order valence-electron chi connectivity index (χ3n) is 9.27. The van der Waals surface area contributed by atoms with Gasteiger partial charge in [-0.05, 0) is 37.6 Å². The Bertz CT molecular complexity index is 2350. The SMILES string of the molecule is C[C@@H]1O[C@H]2CC(=O)O[C@H]2c2c1c(O)c1cc(-c3cc(=O)c4c(=O)c5c(c(=O)c=4c3=O)[C@@H](C)O[C@H]3CC(=O)O[C@@H]53)cc(O)c1c2O. The van der Waals surface area contributed by atoms with Gasteiger partial charge in [0.2, 0.25) is 0 Å². The van der Waals surface area contributed by atoms with E-state index in [0.717, 1.165) is 12.1 Å². The van der Waals surface area contributed by atoms with Crippen molar-refractivity contribution in [2.24, 2.45) is 0 Å². The van der Waals surface area contributed by atoms with E-state index >= 15 is 0 Å². The van der Waals surface area contributed by atoms with Gasteiger partial charge in [0.25, 0.3) is 0 Å². The Labute approximate surface area is 250 Å². The molecule has 2 aromatic carbocycles. The molecule has 45 heavy (non-hydrogen) atoms. The summed E-state index contributed by atoms with van der Waals surface area (Å²) >= 11 is 0. The average molecular weight is 615 g/mol. The zero-order valence-corrected chi connectivity index (χ0v) is 23.5. The highest BCUT2D eigenvalue weighted by atomic mass is 16.6. The van der Waals surface area contributed by atoms with E-state index in [-0.39, 0.29) is 57.0 Å². The average Bonchev–Trinajstić information content (AvgIpc) is 3.53. The summed E-state index contributed by atoms with van der Waals surface area (Å²) in [6.45, 7) is 3.10. The number of aromatic hydroxyl groups is 3. The Balaban J connectivity index is 1.39. The van der Waals surface area contributed by atoms with E-state index in [1.165, 1.54) is 13.0 Å². The highest BCUT2D eigenvalue weighted by molar-refractivity contribution is 6.02. The van der Waals surface area contributed by atoms with Gasteiger partial charge in [0.1, 0.15) is 29.5 Å². The predicted octanol–water partition coefficient (Wildman–Crippen LogP) is 1.56. The zero-order valence-electron chi connectivity index (χ0n) is 23.5. The lowest BCUT2D eigenvalue weighted by Gasteiger charge is -2.33. The van der Waals surface area contributed by atoms with Crippen molar-refractivity contribution in [1.29, 1.82) is 0 Å². The first-order valence-corrected chi connectivity index (χ1v) is 14.2. The number of hydrogen-bond acceptors (Lipinski definition) is 13. The highest BCUT2D eigenvalue weighted by Gasteiger charge is 2.48. The molecule has 2 aromatic rings. The van der Waals surface area contributed by atoms with Gasteiger partial charge in [0.05, 0.1) is 46.4 Å². The van der Waals surface area contributed by atoms with Crippen LogP contribution in [0.3, 0.4) is 0 Å². The summed E-state index contributed by atoms with van der Waals surface area (Å²) in [5, 5.41) is 32.1. The molecule has 0 radical (unpaired) electrons. The van der Waals surface area contributed by atoms with Crippen LogP contribution in [0.25, 0.3) is 21.9 Å². The summed E-state index contributed by atoms with van der Waals surface area (Å²) in [6, 6.07) is 3.19. The van der Waals surface area contributed by atoms with Crippen LogP contribution in [0.5, 0.6) is 17.2 Å². The maximum atomic E-state index is 13.9. The van der Waals surface area contributed by atoms with Gasteiger partial charge in [-0.15, -0.1) is 0 Å². The molecule has 228 valence electrons. The standard InChI is InChI=1S/C32H22O13/c1-8-19-24(31-15(42-8)6-17(35)44-31)29(40)21-12(27(19)38)3-10(4-13(21)33)11-5-14(34)22-23(26(11)37)28(39)20-9(2)43-16-7-18(36)45-32(16)25(20)30(22)41/h3-5,8-9,15-16,31-33,38,40H,6-7H2,1-2H3/t8-,9+,15-,16-,31+,32+/m0/s1. The molecule has 6 atom stereocenters. The van der Waals surface area contributed by atoms with Crippen molar-refractivity contribution < 1.29 is 43.9 Å². The fourth-order valence-electron chi connectivity index (χ4n) is 7.41. The van der Waals surface area contributed by atoms with E-state index in [2.05, 4.69) is 0 Å². The molecule has 2 aliphatic carbocycles. The van der Waals surface area contributed by atoms with Crippen molar-refractivity contribution in [3.05, 3.63) is 91.8 Å². The van der Waals surface area contributed by atoms with Crippen molar-refractivity contribution in [3.8, 4) is 28.4 Å². The Morgan fingerprint density at radius 2 is 1.22 bits per heavy atom. The summed E-state index contributed by atoms with van der Waals surface area (Å²) in [7, 11) is 0. The molecule has 2 fully saturated rings. The molecule has 0 aromatic heterocycles. The highest BCUT2D eigenvalue weighted by Crippen LogP contribution is 2.55. The topological polar surface area (TPSA) is 200 Å². The zero-order chi connectivity index (χ0) is 31.8. The summed E-state index contributed by atoms with van der Waals surface area (Å²) < 4.78 is 22.2. The van der Waals surface area contributed by atoms with Gasteiger partial charge in [-0.25, -0.2) is 0 Å². The molecular weight excluding hydrogens is 592 g/mol. The maximum Gasteiger partial charge on any atom is 0.309 e. The minimum Gasteiger partial charge on any atom is -0.507 e. The maximum absolute atomic E-state index is 13.9. The summed E-state index contributed by atoms with van der Waals surface area (Å²) in [5.41, 5.74) is -4.32. The summed E-state index contributed by atoms with van der Waals surface area (Å²) in [4.78, 5) is 78.7. The van der Waals surface area contributed by atoms with Crippen LogP contribution in [0.4, 0.5) is 0 Å². The number of phenols is 3. The van der Waals surface area contributed by atoms with Crippen LogP contribution >= 0.6 is 0 Å². The monoisotopic (exact) mass is 614 g/mol. The van der Waals surface area contributed by atoms with Gasteiger partial charge < -0.3 is 34.3 Å². The quantitative estimate of drug-likeness (QED) is 0.206. The van der Waals surface area contributed by atoms with Crippen LogP contribution in [-0.4, -0.2) is 39.5 Å². The number of fused-ring (bicyclic) bond motifs is 7. The van der Waals surface area contributed by atoms with Gasteiger partial charge in [-0.3, -0.25) is 28.8 Å². The third-order valence-corrected chi connectivity index (χ3v) is 9.27. The lowest BCUT2D eigenvalue weighted by Crippen LogP contribution is -2.40. The lowest BCUT2D eigenvalue weighted by molar-refractivity contribution is -0.144. The van der Waals surface area contributed by atoms with Gasteiger partial charge in [-0.1, -0.05) is 0 Å². The van der Waals surface area contributed by atoms with Crippen LogP contribution < -0.4 is 21.7 Å². The molecule has 0 unspecified atom stereocenters. The molecule has 4 heterocycles. The van der Waals surface area contributed by atoms with Crippen molar-refractivity contribution in [2.45, 2.75) is 63.3 Å². The molecule has 0 bridgehead atoms. The molecular formula is C32H22O13. The van der Waals surface area contributed by atoms with E-state index in [1.807, 2.05) is 0 Å². The van der Waals surface area contributed by atoms with Gasteiger partial charge in [0, 0.05) is 27.6 Å². The third kappa shape index (κ3) is 3.50. The van der Waals surface area contributed by atoms with E-state index in [0.29, 0.717) is 0 Å². The van der Waals surface area contributed by atoms with Crippen LogP contribution in [0.1, 0.15) is 73.4 Å². The van der Waals surface area contributed by atoms with E-state index in [4.69, 9.17) is 18.9 Å². The molecule has 13 nitrogen and oxygen atoms in total. The van der Waals surface area contributed by atoms with Crippen molar-refractivity contribution in [1.82, 2.24) is 0 Å². The van der Waals surface area contributed by atoms with Gasteiger partial charge in [0.15, 0.2) is 33.9 Å². The van der Waals surface area contributed by atoms with Crippen molar-refractivity contribution in [3.63, 3.8) is 0 Å². The van der Waals surface area contributed by atoms with E-state index in [9.17, 15) is 44.1 Å². The second-order valence-electron chi connectivity index (χ2n) is 11.8. The van der Waals surface area contributed by atoms with E-state index in [1.54, 1.807) is 6.92 Å². The van der Waals surface area contributed by atoms with Gasteiger partial charge >= 0.3 is 11.9 Å². The number of esters is 2. The minimum atomic E-state index is -1.18. The molecule has 8 rings (SSSR count). The number of rotatable bonds is 1. The van der Waals surface area contributed by atoms with Crippen LogP contribution in [0.2, 0.25) is 0 Å². The number of hydrogen-bond donors (Lipinski definition) is 3. The second kappa shape index (κ2) is 8.96. The second-order valence-corrected chi connectivity index (χ2v) is 11.8. The molecule has 0 saturated carbocycles. The summed E-state index contributed by atoms with van der Waals surface area (Å²) in [6.07, 6.45) is -5.70. The van der Waals surface area contributed by atoms with Gasteiger partial charge in [-0.2, -0.15) is 0 Å². The van der Waals surface area contributed by atoms with Crippen LogP contribution in [0.15, 0.2) is 37.4 Å². The molecule has 4 aliphatic heterocycles. The fraction of sp³-hybridized carbons (Fsp3) is 0.312. The minimum absolute atomic E-state index is 0.0589. The summed E-state index contributed by atoms with van der Waals surface area (Å²) in [5.74, 6) is -2.65. The molecule has 0 spiro atoms. The van der Waals surface area contributed by atoms with E-state index < -0.39 is 98.0 Å². The Morgan fingerprint density at radius 1 is 0.644 bits per heavy atom. The van der Waals surface area contributed by atoms with Crippen LogP contribution in [0, 0.1) is 10.4 Å². The Hall–Kier alpha value is -5.14. The lowest BCUT2D eigenvalue weighted by atomic mass is 9.86. The first kappa shape index (κ1) is 27.4. The van der Waals surface area contributed by atoms with Crippen molar-refractivity contribution >= 4 is 22.7 Å². The molecule has 13 heteroatoms.